The first-order valence-corrected chi connectivity index (χ1v) is 9.11. The molecule has 2 atom stereocenters. The van der Waals surface area contributed by atoms with E-state index in [2.05, 4.69) is 17.6 Å². The predicted molar refractivity (Wildman–Crippen MR) is 87.7 cm³/mol. The number of nitrogens with zero attached hydrogens (tertiary/aromatic N) is 1. The molecule has 0 spiro atoms. The van der Waals surface area contributed by atoms with Crippen molar-refractivity contribution in [2.45, 2.75) is 45.2 Å². The second-order valence-electron chi connectivity index (χ2n) is 7.33. The van der Waals surface area contributed by atoms with E-state index in [-0.39, 0.29) is 24.9 Å². The number of nitrogens with one attached hydrogen (secondary N) is 2. The van der Waals surface area contributed by atoms with E-state index in [1.807, 2.05) is 0 Å². The second-order valence-corrected chi connectivity index (χ2v) is 7.33. The van der Waals surface area contributed by atoms with Gasteiger partial charge in [-0.3, -0.25) is 9.59 Å². The van der Waals surface area contributed by atoms with Crippen LogP contribution in [-0.2, 0) is 9.59 Å². The lowest BCUT2D eigenvalue weighted by Gasteiger charge is -2.32. The number of alkyl halides is 3. The summed E-state index contributed by atoms with van der Waals surface area (Å²) >= 11 is 0. The zero-order valence-corrected chi connectivity index (χ0v) is 14.7. The monoisotopic (exact) mass is 363 g/mol. The lowest BCUT2D eigenvalue weighted by molar-refractivity contribution is -0.186. The Labute approximate surface area is 146 Å². The van der Waals surface area contributed by atoms with Crippen molar-refractivity contribution in [2.75, 3.05) is 32.7 Å². The van der Waals surface area contributed by atoms with Gasteiger partial charge >= 0.3 is 12.1 Å². The normalized spacial score (nSPS) is 24.0. The Hall–Kier alpha value is -1.31. The van der Waals surface area contributed by atoms with Crippen molar-refractivity contribution < 1.29 is 22.8 Å². The van der Waals surface area contributed by atoms with E-state index < -0.39 is 12.1 Å². The first kappa shape index (κ1) is 20.0. The zero-order valence-electron chi connectivity index (χ0n) is 14.7. The molecule has 0 aromatic heterocycles. The first-order chi connectivity index (χ1) is 11.8. The topological polar surface area (TPSA) is 61.4 Å². The highest BCUT2D eigenvalue weighted by Gasteiger charge is 2.43. The number of hydrogen-bond acceptors (Lipinski definition) is 3. The molecular weight excluding hydrogens is 335 g/mol. The highest BCUT2D eigenvalue weighted by molar-refractivity contribution is 5.81. The molecule has 2 N–H and O–H groups in total. The molecule has 0 bridgehead atoms. The number of carbonyl (C=O) groups is 2. The third kappa shape index (κ3) is 6.17. The molecule has 2 heterocycles. The van der Waals surface area contributed by atoms with Gasteiger partial charge in [0.1, 0.15) is 0 Å². The Morgan fingerprint density at radius 2 is 1.92 bits per heavy atom. The predicted octanol–water partition coefficient (Wildman–Crippen LogP) is 1.93. The van der Waals surface area contributed by atoms with Crippen LogP contribution in [0.25, 0.3) is 0 Å². The summed E-state index contributed by atoms with van der Waals surface area (Å²) in [5.41, 5.74) is 0. The summed E-state index contributed by atoms with van der Waals surface area (Å²) < 4.78 is 37.2. The zero-order chi connectivity index (χ0) is 18.4. The molecule has 0 radical (unpaired) electrons. The summed E-state index contributed by atoms with van der Waals surface area (Å²) in [7, 11) is 0. The highest BCUT2D eigenvalue weighted by Crippen LogP contribution is 2.24. The largest absolute Gasteiger partial charge is 0.471 e. The lowest BCUT2D eigenvalue weighted by atomic mass is 9.85. The first-order valence-electron chi connectivity index (χ1n) is 9.11. The molecule has 2 unspecified atom stereocenters. The fourth-order valence-electron chi connectivity index (χ4n) is 3.67. The van der Waals surface area contributed by atoms with Crippen LogP contribution in [0.4, 0.5) is 13.2 Å². The minimum atomic E-state index is -4.80. The highest BCUT2D eigenvalue weighted by atomic mass is 19.4. The van der Waals surface area contributed by atoms with E-state index in [1.54, 1.807) is 0 Å². The van der Waals surface area contributed by atoms with E-state index in [4.69, 9.17) is 0 Å². The summed E-state index contributed by atoms with van der Waals surface area (Å²) in [6.45, 7) is 4.78. The molecule has 25 heavy (non-hydrogen) atoms. The maximum Gasteiger partial charge on any atom is 0.471 e. The van der Waals surface area contributed by atoms with Gasteiger partial charge in [-0.05, 0) is 56.5 Å². The van der Waals surface area contributed by atoms with Gasteiger partial charge in [-0.25, -0.2) is 0 Å². The van der Waals surface area contributed by atoms with Gasteiger partial charge in [-0.2, -0.15) is 13.2 Å². The molecule has 2 saturated heterocycles. The summed E-state index contributed by atoms with van der Waals surface area (Å²) in [4.78, 5) is 24.1. The van der Waals surface area contributed by atoms with Crippen molar-refractivity contribution in [3.05, 3.63) is 0 Å². The summed E-state index contributed by atoms with van der Waals surface area (Å²) in [6.07, 6.45) is -1.05. The standard InChI is InChI=1S/C17H28F3N3O2/c1-12(14-3-2-6-21-11-14)9-15(24)22-10-13-4-7-23(8-5-13)16(25)17(18,19)20/h12-14,21H,2-11H2,1H3,(H,22,24). The Balaban J connectivity index is 1.65. The van der Waals surface area contributed by atoms with Gasteiger partial charge in [0.2, 0.25) is 5.91 Å². The van der Waals surface area contributed by atoms with Gasteiger partial charge in [0.05, 0.1) is 0 Å². The minimum Gasteiger partial charge on any atom is -0.356 e. The number of carbonyl (C=O) groups excluding carboxylic acids is 2. The fourth-order valence-corrected chi connectivity index (χ4v) is 3.67. The number of hydrogen-bond donors (Lipinski definition) is 2. The van der Waals surface area contributed by atoms with Crippen LogP contribution in [0.15, 0.2) is 0 Å². The molecule has 0 saturated carbocycles. The lowest BCUT2D eigenvalue weighted by Crippen LogP contribution is -2.46. The summed E-state index contributed by atoms with van der Waals surface area (Å²) in [5.74, 6) is -0.778. The Morgan fingerprint density at radius 3 is 2.48 bits per heavy atom. The van der Waals surface area contributed by atoms with Crippen molar-refractivity contribution in [1.82, 2.24) is 15.5 Å². The second kappa shape index (κ2) is 8.87. The number of likely N-dealkylation sites (tertiary alicyclic amines) is 1. The average molecular weight is 363 g/mol. The van der Waals surface area contributed by atoms with Crippen molar-refractivity contribution in [3.63, 3.8) is 0 Å². The van der Waals surface area contributed by atoms with Gasteiger partial charge in [-0.1, -0.05) is 6.92 Å². The van der Waals surface area contributed by atoms with Crippen LogP contribution < -0.4 is 10.6 Å². The van der Waals surface area contributed by atoms with Crippen LogP contribution in [0.3, 0.4) is 0 Å². The van der Waals surface area contributed by atoms with Crippen molar-refractivity contribution in [2.24, 2.45) is 17.8 Å². The van der Waals surface area contributed by atoms with Gasteiger partial charge in [0.15, 0.2) is 0 Å². The quantitative estimate of drug-likeness (QED) is 0.785. The molecule has 2 fully saturated rings. The average Bonchev–Trinajstić information content (AvgIpc) is 2.59. The molecule has 8 heteroatoms. The van der Waals surface area contributed by atoms with E-state index in [1.165, 1.54) is 0 Å². The van der Waals surface area contributed by atoms with Crippen LogP contribution in [-0.4, -0.2) is 55.6 Å². The number of halogens is 3. The fraction of sp³-hybridized carbons (Fsp3) is 0.882. The van der Waals surface area contributed by atoms with Crippen molar-refractivity contribution in [3.8, 4) is 0 Å². The Kier molecular flexibility index (Phi) is 7.10. The molecule has 2 aliphatic rings. The third-order valence-electron chi connectivity index (χ3n) is 5.38. The van der Waals surface area contributed by atoms with E-state index in [0.717, 1.165) is 30.8 Å². The molecule has 2 amide bonds. The van der Waals surface area contributed by atoms with Gasteiger partial charge in [0.25, 0.3) is 0 Å². The maximum absolute atomic E-state index is 12.4. The molecule has 0 aliphatic carbocycles. The molecule has 0 aromatic carbocycles. The molecule has 2 aliphatic heterocycles. The molecule has 2 rings (SSSR count). The van der Waals surface area contributed by atoms with Crippen LogP contribution in [0.5, 0.6) is 0 Å². The molecule has 5 nitrogen and oxygen atoms in total. The van der Waals surface area contributed by atoms with Crippen LogP contribution in [0.2, 0.25) is 0 Å². The van der Waals surface area contributed by atoms with E-state index >= 15 is 0 Å². The van der Waals surface area contributed by atoms with Crippen molar-refractivity contribution in [1.29, 1.82) is 0 Å². The smallest absolute Gasteiger partial charge is 0.356 e. The van der Waals surface area contributed by atoms with Crippen LogP contribution >= 0.6 is 0 Å². The Morgan fingerprint density at radius 1 is 1.24 bits per heavy atom. The summed E-state index contributed by atoms with van der Waals surface area (Å²) in [5, 5.41) is 6.26. The van der Waals surface area contributed by atoms with E-state index in [9.17, 15) is 22.8 Å². The maximum atomic E-state index is 12.4. The number of piperidine rings is 2. The minimum absolute atomic E-state index is 0.00636. The molecular formula is C17H28F3N3O2. The molecule has 0 aromatic rings. The Bertz CT molecular complexity index is 457. The number of rotatable bonds is 5. The van der Waals surface area contributed by atoms with Gasteiger partial charge in [0, 0.05) is 26.1 Å². The number of amides is 2. The van der Waals surface area contributed by atoms with Crippen LogP contribution in [0.1, 0.15) is 39.0 Å². The third-order valence-corrected chi connectivity index (χ3v) is 5.38. The van der Waals surface area contributed by atoms with Crippen LogP contribution in [0, 0.1) is 17.8 Å². The van der Waals surface area contributed by atoms with E-state index in [0.29, 0.717) is 37.6 Å². The van der Waals surface area contributed by atoms with Gasteiger partial charge in [-0.15, -0.1) is 0 Å². The van der Waals surface area contributed by atoms with Crippen molar-refractivity contribution >= 4 is 11.8 Å². The SMILES string of the molecule is CC(CC(=O)NCC1CCN(C(=O)C(F)(F)F)CC1)C1CCCNC1. The molecule has 144 valence electrons. The summed E-state index contributed by atoms with van der Waals surface area (Å²) in [6, 6.07) is 0. The van der Waals surface area contributed by atoms with Gasteiger partial charge < -0.3 is 15.5 Å².